The Balaban J connectivity index is 1.45. The van der Waals surface area contributed by atoms with E-state index in [2.05, 4.69) is 30.2 Å². The third kappa shape index (κ3) is 3.71. The van der Waals surface area contributed by atoms with Gasteiger partial charge in [0.2, 0.25) is 0 Å². The first-order valence-corrected chi connectivity index (χ1v) is 8.56. The summed E-state index contributed by atoms with van der Waals surface area (Å²) in [5, 5.41) is 10.5. The van der Waals surface area contributed by atoms with Crippen LogP contribution in [0.4, 0.5) is 14.6 Å². The summed E-state index contributed by atoms with van der Waals surface area (Å²) in [5.74, 6) is 1.17. The summed E-state index contributed by atoms with van der Waals surface area (Å²) in [7, 11) is 0. The molecule has 27 heavy (non-hydrogen) atoms. The minimum absolute atomic E-state index is 0.134. The predicted molar refractivity (Wildman–Crippen MR) is 96.1 cm³/mol. The number of aromatic nitrogens is 4. The van der Waals surface area contributed by atoms with Crippen molar-refractivity contribution in [1.29, 1.82) is 5.41 Å². The molecule has 3 N–H and O–H groups in total. The molecule has 0 amide bonds. The lowest BCUT2D eigenvalue weighted by Gasteiger charge is -2.52. The molecule has 8 nitrogen and oxygen atoms in total. The SMILES string of the molecule is N=C(/C=C\c1ncc(-c2cc(N3CC4(CNCCO4)C3)ncn2)[nH]1)C(F)F. The molecule has 1 spiro atoms. The monoisotopic (exact) mass is 375 g/mol. The van der Waals surface area contributed by atoms with E-state index in [9.17, 15) is 8.78 Å². The van der Waals surface area contributed by atoms with E-state index in [0.717, 1.165) is 44.7 Å². The Labute approximate surface area is 154 Å². The van der Waals surface area contributed by atoms with E-state index < -0.39 is 12.1 Å². The van der Waals surface area contributed by atoms with E-state index in [1.807, 2.05) is 6.07 Å². The van der Waals surface area contributed by atoms with E-state index in [0.29, 0.717) is 17.2 Å². The van der Waals surface area contributed by atoms with E-state index >= 15 is 0 Å². The summed E-state index contributed by atoms with van der Waals surface area (Å²) in [6.45, 7) is 3.97. The zero-order valence-corrected chi connectivity index (χ0v) is 14.5. The second-order valence-corrected chi connectivity index (χ2v) is 6.60. The lowest BCUT2D eigenvalue weighted by molar-refractivity contribution is -0.0831. The van der Waals surface area contributed by atoms with Gasteiger partial charge >= 0.3 is 0 Å². The summed E-state index contributed by atoms with van der Waals surface area (Å²) in [6.07, 6.45) is 2.62. The van der Waals surface area contributed by atoms with Gasteiger partial charge in [0.05, 0.1) is 43.0 Å². The minimum atomic E-state index is -2.80. The Morgan fingerprint density at radius 1 is 1.33 bits per heavy atom. The van der Waals surface area contributed by atoms with Crippen LogP contribution < -0.4 is 10.2 Å². The molecule has 0 radical (unpaired) electrons. The van der Waals surface area contributed by atoms with Crippen molar-refractivity contribution < 1.29 is 13.5 Å². The maximum absolute atomic E-state index is 12.4. The Bertz CT molecular complexity index is 852. The molecule has 0 unspecified atom stereocenters. The lowest BCUT2D eigenvalue weighted by atomic mass is 9.92. The molecular weight excluding hydrogens is 356 g/mol. The number of nitrogens with zero attached hydrogens (tertiary/aromatic N) is 4. The highest BCUT2D eigenvalue weighted by Gasteiger charge is 2.45. The number of rotatable bonds is 5. The average molecular weight is 375 g/mol. The zero-order valence-electron chi connectivity index (χ0n) is 14.5. The third-order valence-corrected chi connectivity index (χ3v) is 4.60. The van der Waals surface area contributed by atoms with Gasteiger partial charge in [-0.1, -0.05) is 0 Å². The fourth-order valence-corrected chi connectivity index (χ4v) is 3.18. The molecule has 4 rings (SSSR count). The van der Waals surface area contributed by atoms with E-state index in [4.69, 9.17) is 10.1 Å². The largest absolute Gasteiger partial charge is 0.369 e. The molecule has 0 saturated carbocycles. The quantitative estimate of drug-likeness (QED) is 0.682. The van der Waals surface area contributed by atoms with Gasteiger partial charge in [0.15, 0.2) is 0 Å². The number of ether oxygens (including phenoxy) is 1. The molecule has 2 aromatic rings. The summed E-state index contributed by atoms with van der Waals surface area (Å²) in [5.41, 5.74) is 0.403. The smallest absolute Gasteiger partial charge is 0.279 e. The normalized spacial score (nSPS) is 19.0. The zero-order chi connectivity index (χ0) is 18.9. The molecule has 0 aromatic carbocycles. The van der Waals surface area contributed by atoms with Crippen molar-refractivity contribution in [3.8, 4) is 11.4 Å². The number of aromatic amines is 1. The molecule has 2 aliphatic heterocycles. The van der Waals surface area contributed by atoms with Crippen molar-refractivity contribution in [3.63, 3.8) is 0 Å². The molecule has 0 atom stereocenters. The van der Waals surface area contributed by atoms with Crippen LogP contribution >= 0.6 is 0 Å². The van der Waals surface area contributed by atoms with Crippen LogP contribution in [0, 0.1) is 5.41 Å². The number of anilines is 1. The second-order valence-electron chi connectivity index (χ2n) is 6.60. The van der Waals surface area contributed by atoms with Gasteiger partial charge in [-0.05, 0) is 12.2 Å². The van der Waals surface area contributed by atoms with Crippen LogP contribution in [0.1, 0.15) is 5.82 Å². The summed E-state index contributed by atoms with van der Waals surface area (Å²) in [6, 6.07) is 1.85. The first kappa shape index (κ1) is 17.7. The lowest BCUT2D eigenvalue weighted by Crippen LogP contribution is -2.70. The first-order chi connectivity index (χ1) is 13.0. The standard InChI is InChI=1S/C17H19F2N7O/c18-16(19)11(20)1-2-14-22-6-13(25-14)12-5-15(24-10-23-12)26-8-17(9-26)7-21-3-4-27-17/h1-2,5-6,10,16,20-21H,3-4,7-9H2,(H,22,25)/b2-1-,20-11?. The number of morpholine rings is 1. The van der Waals surface area contributed by atoms with Crippen LogP contribution in [-0.4, -0.2) is 70.5 Å². The molecule has 142 valence electrons. The number of imidazole rings is 1. The van der Waals surface area contributed by atoms with Crippen LogP contribution in [0.2, 0.25) is 0 Å². The number of H-pyrrole nitrogens is 1. The minimum Gasteiger partial charge on any atom is -0.369 e. The van der Waals surface area contributed by atoms with Gasteiger partial charge in [-0.3, -0.25) is 5.41 Å². The van der Waals surface area contributed by atoms with Crippen molar-refractivity contribution in [2.45, 2.75) is 12.0 Å². The fraction of sp³-hybridized carbons (Fsp3) is 0.412. The molecule has 2 aliphatic rings. The van der Waals surface area contributed by atoms with Crippen molar-refractivity contribution in [3.05, 3.63) is 30.5 Å². The van der Waals surface area contributed by atoms with Gasteiger partial charge in [-0.15, -0.1) is 0 Å². The van der Waals surface area contributed by atoms with Gasteiger partial charge in [0, 0.05) is 19.2 Å². The maximum atomic E-state index is 12.4. The topological polar surface area (TPSA) is 103 Å². The van der Waals surface area contributed by atoms with Gasteiger partial charge in [-0.25, -0.2) is 23.7 Å². The number of hydrogen-bond acceptors (Lipinski definition) is 7. The number of hydrogen-bond donors (Lipinski definition) is 3. The summed E-state index contributed by atoms with van der Waals surface area (Å²) < 4.78 is 30.6. The molecule has 2 aromatic heterocycles. The average Bonchev–Trinajstić information content (AvgIpc) is 3.14. The number of allylic oxidation sites excluding steroid dienone is 1. The second kappa shape index (κ2) is 7.12. The van der Waals surface area contributed by atoms with E-state index in [1.54, 1.807) is 6.20 Å². The molecule has 10 heteroatoms. The van der Waals surface area contributed by atoms with Crippen molar-refractivity contribution in [1.82, 2.24) is 25.3 Å². The highest BCUT2D eigenvalue weighted by atomic mass is 19.3. The number of alkyl halides is 2. The summed E-state index contributed by atoms with van der Waals surface area (Å²) >= 11 is 0. The van der Waals surface area contributed by atoms with E-state index in [-0.39, 0.29) is 5.60 Å². The Kier molecular flexibility index (Phi) is 4.66. The highest BCUT2D eigenvalue weighted by molar-refractivity contribution is 5.97. The molecule has 0 bridgehead atoms. The van der Waals surface area contributed by atoms with Crippen LogP contribution in [0.25, 0.3) is 17.5 Å². The first-order valence-electron chi connectivity index (χ1n) is 8.56. The Hall–Kier alpha value is -2.72. The predicted octanol–water partition coefficient (Wildman–Crippen LogP) is 1.34. The number of halogens is 2. The summed E-state index contributed by atoms with van der Waals surface area (Å²) in [4.78, 5) is 17.8. The van der Waals surface area contributed by atoms with Crippen molar-refractivity contribution in [2.24, 2.45) is 0 Å². The third-order valence-electron chi connectivity index (χ3n) is 4.60. The van der Waals surface area contributed by atoms with Gasteiger partial charge in [0.25, 0.3) is 6.43 Å². The molecule has 2 saturated heterocycles. The van der Waals surface area contributed by atoms with Crippen molar-refractivity contribution >= 4 is 17.6 Å². The Morgan fingerprint density at radius 2 is 2.19 bits per heavy atom. The van der Waals surface area contributed by atoms with Crippen LogP contribution in [0.5, 0.6) is 0 Å². The van der Waals surface area contributed by atoms with Crippen LogP contribution in [0.3, 0.4) is 0 Å². The van der Waals surface area contributed by atoms with Crippen LogP contribution in [0.15, 0.2) is 24.7 Å². The molecule has 0 aliphatic carbocycles. The molecule has 4 heterocycles. The van der Waals surface area contributed by atoms with Gasteiger partial charge in [0.1, 0.15) is 23.6 Å². The number of nitrogens with one attached hydrogen (secondary N) is 3. The maximum Gasteiger partial charge on any atom is 0.279 e. The van der Waals surface area contributed by atoms with Gasteiger partial charge in [-0.2, -0.15) is 0 Å². The van der Waals surface area contributed by atoms with Crippen LogP contribution in [-0.2, 0) is 4.74 Å². The van der Waals surface area contributed by atoms with Gasteiger partial charge < -0.3 is 19.9 Å². The molecule has 2 fully saturated rings. The Morgan fingerprint density at radius 3 is 2.93 bits per heavy atom. The molecular formula is C17H19F2N7O. The highest BCUT2D eigenvalue weighted by Crippen LogP contribution is 2.31. The van der Waals surface area contributed by atoms with Crippen molar-refractivity contribution in [2.75, 3.05) is 37.7 Å². The fourth-order valence-electron chi connectivity index (χ4n) is 3.18. The van der Waals surface area contributed by atoms with E-state index in [1.165, 1.54) is 12.4 Å².